The number of likely N-dealkylation sites (N-methyl/N-ethyl adjacent to an activating group) is 2. The molecule has 24 heavy (non-hydrogen) atoms. The summed E-state index contributed by atoms with van der Waals surface area (Å²) in [6.45, 7) is 5.57. The first-order valence-electron chi connectivity index (χ1n) is 8.08. The highest BCUT2D eigenvalue weighted by Gasteiger charge is 2.22. The van der Waals surface area contributed by atoms with Crippen LogP contribution in [0.5, 0.6) is 0 Å². The highest BCUT2D eigenvalue weighted by Crippen LogP contribution is 2.16. The lowest BCUT2D eigenvalue weighted by atomic mass is 10.1. The molecular weight excluding hydrogens is 316 g/mol. The van der Waals surface area contributed by atoms with Gasteiger partial charge in [0.15, 0.2) is 0 Å². The first kappa shape index (κ1) is 18.8. The number of halogens is 2. The lowest BCUT2D eigenvalue weighted by molar-refractivity contribution is 0.0499. The van der Waals surface area contributed by atoms with Crippen molar-refractivity contribution in [3.63, 3.8) is 0 Å². The Morgan fingerprint density at radius 1 is 1.25 bits per heavy atom. The van der Waals surface area contributed by atoms with Crippen LogP contribution in [0.25, 0.3) is 0 Å². The Labute approximate surface area is 141 Å². The highest BCUT2D eigenvalue weighted by atomic mass is 19.1. The molecule has 1 aromatic carbocycles. The summed E-state index contributed by atoms with van der Waals surface area (Å²) in [6, 6.07) is 1.92. The Hall–Kier alpha value is -1.57. The third-order valence-electron chi connectivity index (χ3n) is 4.37. The van der Waals surface area contributed by atoms with Gasteiger partial charge in [-0.2, -0.15) is 0 Å². The van der Waals surface area contributed by atoms with Crippen molar-refractivity contribution in [2.24, 2.45) is 0 Å². The first-order valence-corrected chi connectivity index (χ1v) is 8.08. The van der Waals surface area contributed by atoms with Gasteiger partial charge < -0.3 is 14.9 Å². The average molecular weight is 341 g/mol. The standard InChI is InChI=1S/C17H25F2N3O2/c1-12-8-16(19)14(9-15(12)18)17(24)21(3)10-13(23)11-22-6-4-20(2)5-7-22/h8-9,13,23H,4-7,10-11H2,1-3H3. The summed E-state index contributed by atoms with van der Waals surface area (Å²) in [7, 11) is 3.53. The van der Waals surface area contributed by atoms with Crippen molar-refractivity contribution in [3.8, 4) is 0 Å². The number of aryl methyl sites for hydroxylation is 1. The van der Waals surface area contributed by atoms with Crippen molar-refractivity contribution in [1.82, 2.24) is 14.7 Å². The zero-order valence-electron chi connectivity index (χ0n) is 14.4. The molecule has 1 fully saturated rings. The monoisotopic (exact) mass is 341 g/mol. The van der Waals surface area contributed by atoms with Gasteiger partial charge in [0, 0.05) is 46.3 Å². The third-order valence-corrected chi connectivity index (χ3v) is 4.37. The van der Waals surface area contributed by atoms with Crippen molar-refractivity contribution in [3.05, 3.63) is 34.9 Å². The molecule has 1 heterocycles. The fourth-order valence-corrected chi connectivity index (χ4v) is 2.80. The van der Waals surface area contributed by atoms with Crippen molar-refractivity contribution in [2.75, 3.05) is 53.4 Å². The van der Waals surface area contributed by atoms with Gasteiger partial charge in [-0.25, -0.2) is 8.78 Å². The van der Waals surface area contributed by atoms with E-state index in [1.165, 1.54) is 18.9 Å². The van der Waals surface area contributed by atoms with Gasteiger partial charge in [-0.3, -0.25) is 9.69 Å². The molecule has 1 N–H and O–H groups in total. The molecule has 0 bridgehead atoms. The molecule has 0 saturated carbocycles. The van der Waals surface area contributed by atoms with Crippen LogP contribution in [-0.2, 0) is 0 Å². The van der Waals surface area contributed by atoms with Gasteiger partial charge in [-0.15, -0.1) is 0 Å². The summed E-state index contributed by atoms with van der Waals surface area (Å²) in [5, 5.41) is 10.2. The van der Waals surface area contributed by atoms with E-state index in [1.807, 2.05) is 0 Å². The van der Waals surface area contributed by atoms with Crippen molar-refractivity contribution in [1.29, 1.82) is 0 Å². The largest absolute Gasteiger partial charge is 0.390 e. The van der Waals surface area contributed by atoms with E-state index >= 15 is 0 Å². The predicted octanol–water partition coefficient (Wildman–Crippen LogP) is 0.954. The maximum atomic E-state index is 13.9. The highest BCUT2D eigenvalue weighted by molar-refractivity contribution is 5.94. The number of hydrogen-bond acceptors (Lipinski definition) is 4. The normalized spacial score (nSPS) is 17.8. The number of β-amino-alcohol motifs (C(OH)–C–C–N with tert-alkyl or cyclic N) is 1. The number of rotatable bonds is 5. The second kappa shape index (κ2) is 8.00. The zero-order valence-corrected chi connectivity index (χ0v) is 14.4. The van der Waals surface area contributed by atoms with Gasteiger partial charge >= 0.3 is 0 Å². The van der Waals surface area contributed by atoms with Gasteiger partial charge in [0.05, 0.1) is 11.7 Å². The minimum absolute atomic E-state index is 0.0696. The molecule has 1 aromatic rings. The predicted molar refractivity (Wildman–Crippen MR) is 88.0 cm³/mol. The molecule has 5 nitrogen and oxygen atoms in total. The zero-order chi connectivity index (χ0) is 17.9. The third kappa shape index (κ3) is 4.72. The molecule has 1 saturated heterocycles. The molecule has 0 spiro atoms. The first-order chi connectivity index (χ1) is 11.3. The number of carbonyl (C=O) groups is 1. The number of piperazine rings is 1. The molecule has 2 rings (SSSR count). The molecule has 1 amide bonds. The van der Waals surface area contributed by atoms with Crippen LogP contribution in [0.1, 0.15) is 15.9 Å². The molecule has 1 aliphatic heterocycles. The van der Waals surface area contributed by atoms with E-state index in [0.717, 1.165) is 38.3 Å². The quantitative estimate of drug-likeness (QED) is 0.866. The minimum atomic E-state index is -0.751. The van der Waals surface area contributed by atoms with Gasteiger partial charge in [-0.1, -0.05) is 0 Å². The van der Waals surface area contributed by atoms with Crippen LogP contribution in [0, 0.1) is 18.6 Å². The Kier molecular flexibility index (Phi) is 6.26. The van der Waals surface area contributed by atoms with Crippen LogP contribution in [0.4, 0.5) is 8.78 Å². The fraction of sp³-hybridized carbons (Fsp3) is 0.588. The van der Waals surface area contributed by atoms with E-state index in [2.05, 4.69) is 16.8 Å². The Morgan fingerprint density at radius 3 is 2.50 bits per heavy atom. The number of hydrogen-bond donors (Lipinski definition) is 1. The lowest BCUT2D eigenvalue weighted by Gasteiger charge is -2.34. The number of aliphatic hydroxyl groups excluding tert-OH is 1. The molecule has 0 aromatic heterocycles. The summed E-state index contributed by atoms with van der Waals surface area (Å²) in [5.41, 5.74) is -0.158. The Bertz CT molecular complexity index is 589. The molecule has 134 valence electrons. The maximum Gasteiger partial charge on any atom is 0.256 e. The Balaban J connectivity index is 1.92. The van der Waals surface area contributed by atoms with E-state index in [0.29, 0.717) is 6.54 Å². The lowest BCUT2D eigenvalue weighted by Crippen LogP contribution is -2.49. The van der Waals surface area contributed by atoms with E-state index in [-0.39, 0.29) is 17.7 Å². The topological polar surface area (TPSA) is 47.0 Å². The SMILES string of the molecule is Cc1cc(F)c(C(=O)N(C)CC(O)CN2CCN(C)CC2)cc1F. The maximum absolute atomic E-state index is 13.9. The van der Waals surface area contributed by atoms with Crippen molar-refractivity contribution >= 4 is 5.91 Å². The van der Waals surface area contributed by atoms with Gasteiger partial charge in [0.1, 0.15) is 11.6 Å². The second-order valence-electron chi connectivity index (χ2n) is 6.52. The van der Waals surface area contributed by atoms with Crippen LogP contribution in [-0.4, -0.2) is 85.2 Å². The van der Waals surface area contributed by atoms with E-state index in [9.17, 15) is 18.7 Å². The van der Waals surface area contributed by atoms with E-state index in [4.69, 9.17) is 0 Å². The summed E-state index contributed by atoms with van der Waals surface area (Å²) in [5.74, 6) is -2.01. The molecule has 0 aliphatic carbocycles. The molecular formula is C17H25F2N3O2. The van der Waals surface area contributed by atoms with E-state index in [1.54, 1.807) is 0 Å². The minimum Gasteiger partial charge on any atom is -0.390 e. The van der Waals surface area contributed by atoms with Crippen LogP contribution in [0.3, 0.4) is 0 Å². The smallest absolute Gasteiger partial charge is 0.256 e. The number of carbonyl (C=O) groups excluding carboxylic acids is 1. The molecule has 1 atom stereocenters. The molecule has 7 heteroatoms. The fourth-order valence-electron chi connectivity index (χ4n) is 2.80. The van der Waals surface area contributed by atoms with Gasteiger partial charge in [0.2, 0.25) is 0 Å². The molecule has 1 aliphatic rings. The van der Waals surface area contributed by atoms with E-state index < -0.39 is 23.6 Å². The van der Waals surface area contributed by atoms with Crippen LogP contribution in [0.2, 0.25) is 0 Å². The number of nitrogens with zero attached hydrogens (tertiary/aromatic N) is 3. The van der Waals surface area contributed by atoms with Crippen LogP contribution >= 0.6 is 0 Å². The molecule has 0 radical (unpaired) electrons. The summed E-state index contributed by atoms with van der Waals surface area (Å²) < 4.78 is 27.5. The average Bonchev–Trinajstić information content (AvgIpc) is 2.52. The summed E-state index contributed by atoms with van der Waals surface area (Å²) in [6.07, 6.45) is -0.735. The van der Waals surface area contributed by atoms with Crippen molar-refractivity contribution < 1.29 is 18.7 Å². The van der Waals surface area contributed by atoms with Crippen LogP contribution < -0.4 is 0 Å². The molecule has 1 unspecified atom stereocenters. The van der Waals surface area contributed by atoms with Gasteiger partial charge in [0.25, 0.3) is 5.91 Å². The van der Waals surface area contributed by atoms with Crippen molar-refractivity contribution in [2.45, 2.75) is 13.0 Å². The summed E-state index contributed by atoms with van der Waals surface area (Å²) in [4.78, 5) is 17.9. The Morgan fingerprint density at radius 2 is 1.88 bits per heavy atom. The van der Waals surface area contributed by atoms with Gasteiger partial charge in [-0.05, 0) is 31.7 Å². The number of amides is 1. The second-order valence-corrected chi connectivity index (χ2v) is 6.52. The number of benzene rings is 1. The van der Waals surface area contributed by atoms with Crippen LogP contribution in [0.15, 0.2) is 12.1 Å². The number of aliphatic hydroxyl groups is 1. The summed E-state index contributed by atoms with van der Waals surface area (Å²) >= 11 is 0.